The highest BCUT2D eigenvalue weighted by Crippen LogP contribution is 2.26. The van der Waals surface area contributed by atoms with Gasteiger partial charge < -0.3 is 9.64 Å². The highest BCUT2D eigenvalue weighted by atomic mass is 16.5. The number of morpholine rings is 1. The van der Waals surface area contributed by atoms with Crippen molar-refractivity contribution in [2.45, 2.75) is 19.1 Å². The van der Waals surface area contributed by atoms with E-state index in [9.17, 15) is 14.4 Å². The molecule has 2 heterocycles. The molecule has 2 aliphatic heterocycles. The summed E-state index contributed by atoms with van der Waals surface area (Å²) in [7, 11) is 0. The lowest BCUT2D eigenvalue weighted by atomic mass is 10.1. The molecule has 1 saturated heterocycles. The normalized spacial score (nSPS) is 22.1. The van der Waals surface area contributed by atoms with Gasteiger partial charge in [0.15, 0.2) is 0 Å². The molecule has 6 heteroatoms. The van der Waals surface area contributed by atoms with Gasteiger partial charge in [0.2, 0.25) is 5.91 Å². The number of fused-ring (bicyclic) bond motifs is 1. The van der Waals surface area contributed by atoms with Gasteiger partial charge in [0.05, 0.1) is 30.3 Å². The number of benzene rings is 2. The maximum absolute atomic E-state index is 12.9. The molecule has 2 atom stereocenters. The number of ether oxygens (including phenoxy) is 1. The molecular weight excluding hydrogens is 344 g/mol. The number of hydrogen-bond acceptors (Lipinski definition) is 4. The third-order valence-electron chi connectivity index (χ3n) is 5.10. The summed E-state index contributed by atoms with van der Waals surface area (Å²) in [4.78, 5) is 40.6. The zero-order valence-corrected chi connectivity index (χ0v) is 15.0. The molecule has 2 aliphatic rings. The second kappa shape index (κ2) is 6.96. The summed E-state index contributed by atoms with van der Waals surface area (Å²) in [6.45, 7) is 2.46. The van der Waals surface area contributed by atoms with E-state index in [1.807, 2.05) is 37.3 Å². The van der Waals surface area contributed by atoms with Crippen molar-refractivity contribution >= 4 is 17.7 Å². The van der Waals surface area contributed by atoms with Crippen molar-refractivity contribution in [3.8, 4) is 0 Å². The fourth-order valence-corrected chi connectivity index (χ4v) is 3.58. The Balaban J connectivity index is 1.49. The summed E-state index contributed by atoms with van der Waals surface area (Å²) < 4.78 is 5.88. The Morgan fingerprint density at radius 2 is 1.59 bits per heavy atom. The molecule has 0 aliphatic carbocycles. The standard InChI is InChI=1S/C21H20N2O4/c1-14-13-27-18(15-7-3-2-4-8-15)11-22(14)19(24)12-23-20(25)16-9-5-6-10-17(16)21(23)26/h2-10,14,18H,11-13H2,1H3. The van der Waals surface area contributed by atoms with E-state index in [1.54, 1.807) is 29.2 Å². The molecule has 0 spiro atoms. The molecule has 2 unspecified atom stereocenters. The molecule has 0 N–H and O–H groups in total. The number of carbonyl (C=O) groups excluding carboxylic acids is 3. The highest BCUT2D eigenvalue weighted by molar-refractivity contribution is 6.22. The number of nitrogens with zero attached hydrogens (tertiary/aromatic N) is 2. The van der Waals surface area contributed by atoms with E-state index in [0.717, 1.165) is 10.5 Å². The van der Waals surface area contributed by atoms with E-state index in [2.05, 4.69) is 0 Å². The van der Waals surface area contributed by atoms with Crippen LogP contribution in [0.4, 0.5) is 0 Å². The van der Waals surface area contributed by atoms with Gasteiger partial charge in [0, 0.05) is 0 Å². The molecule has 1 fully saturated rings. The zero-order chi connectivity index (χ0) is 19.0. The minimum Gasteiger partial charge on any atom is -0.370 e. The van der Waals surface area contributed by atoms with Crippen molar-refractivity contribution in [1.29, 1.82) is 0 Å². The molecule has 6 nitrogen and oxygen atoms in total. The molecular formula is C21H20N2O4. The fourth-order valence-electron chi connectivity index (χ4n) is 3.58. The number of imide groups is 1. The quantitative estimate of drug-likeness (QED) is 0.784. The molecule has 2 aromatic rings. The average Bonchev–Trinajstić information content (AvgIpc) is 2.94. The van der Waals surface area contributed by atoms with Crippen LogP contribution < -0.4 is 0 Å². The molecule has 0 aromatic heterocycles. The first-order valence-corrected chi connectivity index (χ1v) is 8.97. The first kappa shape index (κ1) is 17.4. The van der Waals surface area contributed by atoms with Crippen molar-refractivity contribution in [3.63, 3.8) is 0 Å². The molecule has 0 saturated carbocycles. The lowest BCUT2D eigenvalue weighted by molar-refractivity contribution is -0.144. The van der Waals surface area contributed by atoms with Crippen LogP contribution in [0.2, 0.25) is 0 Å². The minimum absolute atomic E-state index is 0.118. The van der Waals surface area contributed by atoms with Crippen molar-refractivity contribution in [3.05, 3.63) is 71.3 Å². The smallest absolute Gasteiger partial charge is 0.262 e. The van der Waals surface area contributed by atoms with Gasteiger partial charge in [-0.25, -0.2) is 0 Å². The Morgan fingerprint density at radius 1 is 1.00 bits per heavy atom. The van der Waals surface area contributed by atoms with Crippen molar-refractivity contribution < 1.29 is 19.1 Å². The predicted molar refractivity (Wildman–Crippen MR) is 98.1 cm³/mol. The SMILES string of the molecule is CC1COC(c2ccccc2)CN1C(=O)CN1C(=O)c2ccccc2C1=O. The van der Waals surface area contributed by atoms with Gasteiger partial charge in [-0.3, -0.25) is 19.3 Å². The van der Waals surface area contributed by atoms with Crippen molar-refractivity contribution in [1.82, 2.24) is 9.80 Å². The lowest BCUT2D eigenvalue weighted by Crippen LogP contribution is -2.52. The second-order valence-electron chi connectivity index (χ2n) is 6.87. The molecule has 0 radical (unpaired) electrons. The van der Waals surface area contributed by atoms with E-state index in [4.69, 9.17) is 4.74 Å². The molecule has 4 rings (SSSR count). The van der Waals surface area contributed by atoms with Gasteiger partial charge in [-0.1, -0.05) is 42.5 Å². The van der Waals surface area contributed by atoms with E-state index >= 15 is 0 Å². The Hall–Kier alpha value is -2.99. The predicted octanol–water partition coefficient (Wildman–Crippen LogP) is 2.27. The first-order valence-electron chi connectivity index (χ1n) is 8.97. The monoisotopic (exact) mass is 364 g/mol. The van der Waals surface area contributed by atoms with Gasteiger partial charge in [0.25, 0.3) is 11.8 Å². The maximum Gasteiger partial charge on any atom is 0.262 e. The van der Waals surface area contributed by atoms with E-state index in [-0.39, 0.29) is 24.6 Å². The van der Waals surface area contributed by atoms with Gasteiger partial charge in [-0.05, 0) is 24.6 Å². The van der Waals surface area contributed by atoms with Crippen LogP contribution in [0, 0.1) is 0 Å². The number of carbonyl (C=O) groups is 3. The Kier molecular flexibility index (Phi) is 4.49. The summed E-state index contributed by atoms with van der Waals surface area (Å²) in [5.41, 5.74) is 1.71. The summed E-state index contributed by atoms with van der Waals surface area (Å²) in [6, 6.07) is 16.3. The van der Waals surface area contributed by atoms with E-state index < -0.39 is 11.8 Å². The van der Waals surface area contributed by atoms with Crippen molar-refractivity contribution in [2.24, 2.45) is 0 Å². The third-order valence-corrected chi connectivity index (χ3v) is 5.10. The molecule has 0 bridgehead atoms. The van der Waals surface area contributed by atoms with Crippen LogP contribution in [0.15, 0.2) is 54.6 Å². The van der Waals surface area contributed by atoms with Crippen LogP contribution in [0.5, 0.6) is 0 Å². The van der Waals surface area contributed by atoms with E-state index in [1.165, 1.54) is 0 Å². The Labute approximate surface area is 157 Å². The first-order chi connectivity index (χ1) is 13.1. The Bertz CT molecular complexity index is 861. The second-order valence-corrected chi connectivity index (χ2v) is 6.87. The fraction of sp³-hybridized carbons (Fsp3) is 0.286. The van der Waals surface area contributed by atoms with Crippen LogP contribution in [0.1, 0.15) is 39.3 Å². The minimum atomic E-state index is -0.413. The summed E-state index contributed by atoms with van der Waals surface area (Å²) in [5, 5.41) is 0. The molecule has 3 amide bonds. The molecule has 2 aromatic carbocycles. The topological polar surface area (TPSA) is 66.9 Å². The molecule has 138 valence electrons. The van der Waals surface area contributed by atoms with Gasteiger partial charge in [-0.15, -0.1) is 0 Å². The van der Waals surface area contributed by atoms with Crippen LogP contribution in [0.25, 0.3) is 0 Å². The molecule has 27 heavy (non-hydrogen) atoms. The summed E-state index contributed by atoms with van der Waals surface area (Å²) in [6.07, 6.45) is -0.214. The lowest BCUT2D eigenvalue weighted by Gasteiger charge is -2.38. The van der Waals surface area contributed by atoms with Gasteiger partial charge >= 0.3 is 0 Å². The van der Waals surface area contributed by atoms with Crippen molar-refractivity contribution in [2.75, 3.05) is 19.7 Å². The number of rotatable bonds is 3. The van der Waals surface area contributed by atoms with Gasteiger partial charge in [-0.2, -0.15) is 0 Å². The van der Waals surface area contributed by atoms with E-state index in [0.29, 0.717) is 24.3 Å². The zero-order valence-electron chi connectivity index (χ0n) is 15.0. The average molecular weight is 364 g/mol. The van der Waals surface area contributed by atoms with Crippen LogP contribution >= 0.6 is 0 Å². The van der Waals surface area contributed by atoms with Crippen LogP contribution in [-0.2, 0) is 9.53 Å². The number of amides is 3. The Morgan fingerprint density at radius 3 is 2.22 bits per heavy atom. The third kappa shape index (κ3) is 3.13. The number of hydrogen-bond donors (Lipinski definition) is 0. The highest BCUT2D eigenvalue weighted by Gasteiger charge is 2.38. The van der Waals surface area contributed by atoms with Crippen LogP contribution in [-0.4, -0.2) is 53.3 Å². The summed E-state index contributed by atoms with van der Waals surface area (Å²) in [5.74, 6) is -1.07. The van der Waals surface area contributed by atoms with Gasteiger partial charge in [0.1, 0.15) is 12.6 Å². The van der Waals surface area contributed by atoms with Crippen LogP contribution in [0.3, 0.4) is 0 Å². The maximum atomic E-state index is 12.9. The largest absolute Gasteiger partial charge is 0.370 e. The summed E-state index contributed by atoms with van der Waals surface area (Å²) >= 11 is 0.